The van der Waals surface area contributed by atoms with Crippen molar-refractivity contribution in [3.8, 4) is 11.5 Å². The van der Waals surface area contributed by atoms with Crippen LogP contribution in [0.25, 0.3) is 0 Å². The number of aliphatic hydroxyl groups is 1. The molecule has 0 unspecified atom stereocenters. The summed E-state index contributed by atoms with van der Waals surface area (Å²) < 4.78 is 40.2. The van der Waals surface area contributed by atoms with Crippen molar-refractivity contribution in [1.82, 2.24) is 9.80 Å². The smallest absolute Gasteiger partial charge is 0.261 e. The molecule has 0 fully saturated rings. The van der Waals surface area contributed by atoms with Gasteiger partial charge in [-0.15, -0.1) is 0 Å². The van der Waals surface area contributed by atoms with E-state index < -0.39 is 16.1 Å². The van der Waals surface area contributed by atoms with Crippen LogP contribution in [0.4, 0.5) is 5.69 Å². The number of sulfonamides is 1. The first-order valence-electron chi connectivity index (χ1n) is 13.4. The summed E-state index contributed by atoms with van der Waals surface area (Å²) in [6.07, 6.45) is -0.320. The van der Waals surface area contributed by atoms with Gasteiger partial charge < -0.3 is 19.5 Å². The van der Waals surface area contributed by atoms with Gasteiger partial charge in [-0.05, 0) is 74.1 Å². The monoisotopic (exact) mass is 635 g/mol. The van der Waals surface area contributed by atoms with E-state index in [1.807, 2.05) is 26.1 Å². The highest BCUT2D eigenvalue weighted by atomic mass is 35.5. The first-order valence-corrected chi connectivity index (χ1v) is 15.7. The molecule has 0 bridgehead atoms. The minimum absolute atomic E-state index is 0.0482. The largest absolute Gasteiger partial charge is 0.497 e. The Morgan fingerprint density at radius 3 is 2.48 bits per heavy atom. The predicted molar refractivity (Wildman–Crippen MR) is 164 cm³/mol. The van der Waals surface area contributed by atoms with Crippen LogP contribution in [0.3, 0.4) is 0 Å². The van der Waals surface area contributed by atoms with Crippen LogP contribution in [0, 0.1) is 5.92 Å². The summed E-state index contributed by atoms with van der Waals surface area (Å²) in [7, 11) is -0.474. The Hall–Kier alpha value is -3.02. The molecule has 1 aliphatic heterocycles. The van der Waals surface area contributed by atoms with Gasteiger partial charge in [0.15, 0.2) is 0 Å². The molecule has 3 aromatic carbocycles. The molecular formula is C30H35Cl2N3O6S. The van der Waals surface area contributed by atoms with Crippen LogP contribution in [-0.4, -0.2) is 75.2 Å². The zero-order chi connectivity index (χ0) is 30.6. The predicted octanol–water partition coefficient (Wildman–Crippen LogP) is 5.15. The summed E-state index contributed by atoms with van der Waals surface area (Å²) in [6, 6.07) is 15.7. The second-order valence-electron chi connectivity index (χ2n) is 10.6. The molecule has 3 aromatic rings. The molecule has 2 N–H and O–H groups in total. The zero-order valence-electron chi connectivity index (χ0n) is 23.9. The van der Waals surface area contributed by atoms with E-state index in [1.54, 1.807) is 42.2 Å². The lowest BCUT2D eigenvalue weighted by Crippen LogP contribution is -2.49. The molecule has 4 rings (SSSR count). The number of fused-ring (bicyclic) bond motifs is 1. The highest BCUT2D eigenvalue weighted by molar-refractivity contribution is 7.92. The third-order valence-corrected chi connectivity index (χ3v) is 9.35. The number of methoxy groups -OCH3 is 1. The van der Waals surface area contributed by atoms with Gasteiger partial charge in [-0.1, -0.05) is 36.2 Å². The normalized spacial score (nSPS) is 18.1. The first-order chi connectivity index (χ1) is 19.9. The Morgan fingerprint density at radius 2 is 1.83 bits per heavy atom. The molecule has 42 heavy (non-hydrogen) atoms. The van der Waals surface area contributed by atoms with E-state index in [-0.39, 0.29) is 40.7 Å². The lowest BCUT2D eigenvalue weighted by atomic mass is 9.99. The fraction of sp³-hybridized carbons (Fsp3) is 0.367. The number of carbonyl (C=O) groups excluding carboxylic acids is 1. The van der Waals surface area contributed by atoms with Gasteiger partial charge >= 0.3 is 0 Å². The molecular weight excluding hydrogens is 601 g/mol. The Morgan fingerprint density at radius 1 is 1.12 bits per heavy atom. The van der Waals surface area contributed by atoms with E-state index in [0.29, 0.717) is 41.2 Å². The number of anilines is 1. The van der Waals surface area contributed by atoms with Crippen molar-refractivity contribution in [1.29, 1.82) is 0 Å². The number of rotatable bonds is 10. The average Bonchev–Trinajstić information content (AvgIpc) is 2.96. The average molecular weight is 637 g/mol. The molecule has 12 heteroatoms. The number of carbonyl (C=O) groups is 1. The molecule has 0 aromatic heterocycles. The van der Waals surface area contributed by atoms with Crippen molar-refractivity contribution in [2.24, 2.45) is 5.92 Å². The van der Waals surface area contributed by atoms with Gasteiger partial charge in [-0.3, -0.25) is 14.4 Å². The van der Waals surface area contributed by atoms with Crippen molar-refractivity contribution < 1.29 is 27.8 Å². The van der Waals surface area contributed by atoms with Gasteiger partial charge in [0, 0.05) is 31.2 Å². The second kappa shape index (κ2) is 13.5. The molecule has 0 aliphatic carbocycles. The third kappa shape index (κ3) is 7.48. The lowest BCUT2D eigenvalue weighted by molar-refractivity contribution is 0.0341. The molecule has 1 heterocycles. The first kappa shape index (κ1) is 31.9. The van der Waals surface area contributed by atoms with Gasteiger partial charge in [0.1, 0.15) is 17.6 Å². The zero-order valence-corrected chi connectivity index (χ0v) is 26.2. The topological polar surface area (TPSA) is 108 Å². The van der Waals surface area contributed by atoms with Crippen molar-refractivity contribution in [2.75, 3.05) is 38.6 Å². The third-order valence-electron chi connectivity index (χ3n) is 7.21. The van der Waals surface area contributed by atoms with Crippen LogP contribution in [0.1, 0.15) is 29.8 Å². The summed E-state index contributed by atoms with van der Waals surface area (Å²) in [4.78, 5) is 17.5. The SMILES string of the molecule is COc1ccc(S(=O)(=O)Nc2ccc3c(c2)C(=O)N([C@@H](C)CO)C[C@@H](C)[C@@H](CN(C)Cc2ccc(Cl)c(Cl)c2)O3)cc1. The Labute approximate surface area is 257 Å². The van der Waals surface area contributed by atoms with E-state index in [9.17, 15) is 18.3 Å². The van der Waals surface area contributed by atoms with Crippen LogP contribution >= 0.6 is 23.2 Å². The summed E-state index contributed by atoms with van der Waals surface area (Å²) >= 11 is 12.3. The van der Waals surface area contributed by atoms with E-state index in [1.165, 1.54) is 25.3 Å². The standard InChI is InChI=1S/C30H35Cl2N3O6S/c1-19-15-35(20(2)18-36)30(37)25-14-22(33-42(38,39)24-9-7-23(40-4)8-10-24)6-12-28(25)41-29(19)17-34(3)16-21-5-11-26(31)27(32)13-21/h5-14,19-20,29,33,36H,15-18H2,1-4H3/t19-,20+,29-/m1/s1. The van der Waals surface area contributed by atoms with Gasteiger partial charge in [0.05, 0.1) is 40.3 Å². The number of amides is 1. The van der Waals surface area contributed by atoms with Crippen molar-refractivity contribution in [2.45, 2.75) is 37.4 Å². The molecule has 9 nitrogen and oxygen atoms in total. The van der Waals surface area contributed by atoms with E-state index in [2.05, 4.69) is 9.62 Å². The molecule has 3 atom stereocenters. The second-order valence-corrected chi connectivity index (χ2v) is 13.1. The quantitative estimate of drug-likeness (QED) is 0.317. The number of halogens is 2. The number of likely N-dealkylation sites (N-methyl/N-ethyl adjacent to an activating group) is 1. The minimum atomic E-state index is -3.94. The highest BCUT2D eigenvalue weighted by Crippen LogP contribution is 2.32. The van der Waals surface area contributed by atoms with Crippen molar-refractivity contribution in [3.63, 3.8) is 0 Å². The summed E-state index contributed by atoms with van der Waals surface area (Å²) in [5.74, 6) is 0.427. The molecule has 0 radical (unpaired) electrons. The molecule has 0 spiro atoms. The van der Waals surface area contributed by atoms with Crippen LogP contribution in [0.2, 0.25) is 10.0 Å². The Bertz CT molecular complexity index is 1520. The van der Waals surface area contributed by atoms with Crippen molar-refractivity contribution >= 4 is 44.8 Å². The summed E-state index contributed by atoms with van der Waals surface area (Å²) in [5, 5.41) is 10.9. The molecule has 1 aliphatic rings. The Balaban J connectivity index is 1.62. The number of aliphatic hydroxyl groups excluding tert-OH is 1. The minimum Gasteiger partial charge on any atom is -0.497 e. The number of nitrogens with one attached hydrogen (secondary N) is 1. The molecule has 0 saturated heterocycles. The molecule has 1 amide bonds. The maximum Gasteiger partial charge on any atom is 0.261 e. The van der Waals surface area contributed by atoms with Crippen LogP contribution in [0.15, 0.2) is 65.6 Å². The number of hydrogen-bond donors (Lipinski definition) is 2. The maximum atomic E-state index is 13.7. The Kier molecular flexibility index (Phi) is 10.3. The lowest BCUT2D eigenvalue weighted by Gasteiger charge is -2.38. The van der Waals surface area contributed by atoms with Crippen LogP contribution in [-0.2, 0) is 16.6 Å². The van der Waals surface area contributed by atoms with Crippen LogP contribution < -0.4 is 14.2 Å². The van der Waals surface area contributed by atoms with Gasteiger partial charge in [0.2, 0.25) is 0 Å². The number of nitrogens with zero attached hydrogens (tertiary/aromatic N) is 2. The number of hydrogen-bond acceptors (Lipinski definition) is 7. The van der Waals surface area contributed by atoms with Gasteiger partial charge in [0.25, 0.3) is 15.9 Å². The maximum absolute atomic E-state index is 13.7. The van der Waals surface area contributed by atoms with E-state index in [0.717, 1.165) is 5.56 Å². The van der Waals surface area contributed by atoms with E-state index in [4.69, 9.17) is 32.7 Å². The van der Waals surface area contributed by atoms with Gasteiger partial charge in [-0.25, -0.2) is 8.42 Å². The van der Waals surface area contributed by atoms with Crippen molar-refractivity contribution in [3.05, 3.63) is 81.8 Å². The summed E-state index contributed by atoms with van der Waals surface area (Å²) in [6.45, 7) is 5.02. The number of benzene rings is 3. The fourth-order valence-electron chi connectivity index (χ4n) is 4.79. The molecule has 226 valence electrons. The van der Waals surface area contributed by atoms with E-state index >= 15 is 0 Å². The fourth-order valence-corrected chi connectivity index (χ4v) is 6.16. The highest BCUT2D eigenvalue weighted by Gasteiger charge is 2.34. The molecule has 0 saturated carbocycles. The van der Waals surface area contributed by atoms with Gasteiger partial charge in [-0.2, -0.15) is 0 Å². The summed E-state index contributed by atoms with van der Waals surface area (Å²) in [5.41, 5.74) is 1.40. The number of ether oxygens (including phenoxy) is 2. The van der Waals surface area contributed by atoms with Crippen LogP contribution in [0.5, 0.6) is 11.5 Å².